The average Bonchev–Trinajstić information content (AvgIpc) is 2.46. The van der Waals surface area contributed by atoms with Crippen molar-refractivity contribution >= 4 is 17.2 Å². The largest absolute Gasteiger partial charge is 0.409 e. The second-order valence-electron chi connectivity index (χ2n) is 4.52. The van der Waals surface area contributed by atoms with Gasteiger partial charge >= 0.3 is 0 Å². The van der Waals surface area contributed by atoms with Crippen LogP contribution in [0.1, 0.15) is 11.1 Å². The molecule has 0 saturated carbocycles. The van der Waals surface area contributed by atoms with Gasteiger partial charge in [0, 0.05) is 12.6 Å². The van der Waals surface area contributed by atoms with Crippen LogP contribution >= 0.6 is 0 Å². The molecule has 20 heavy (non-hydrogen) atoms. The summed E-state index contributed by atoms with van der Waals surface area (Å²) in [7, 11) is 1.74. The zero-order valence-electron chi connectivity index (χ0n) is 11.3. The first kappa shape index (κ1) is 13.9. The molecule has 0 atom stereocenters. The fraction of sp³-hybridized carbons (Fsp3) is 0.133. The maximum atomic E-state index is 13.9. The first-order valence-corrected chi connectivity index (χ1v) is 6.11. The van der Waals surface area contributed by atoms with Crippen LogP contribution in [0.2, 0.25) is 0 Å². The van der Waals surface area contributed by atoms with Gasteiger partial charge in [-0.3, -0.25) is 0 Å². The van der Waals surface area contributed by atoms with Crippen LogP contribution in [-0.4, -0.2) is 18.1 Å². The lowest BCUT2D eigenvalue weighted by molar-refractivity contribution is 0.318. The smallest absolute Gasteiger partial charge is 0.172 e. The Morgan fingerprint density at radius 3 is 2.55 bits per heavy atom. The van der Waals surface area contributed by atoms with Crippen molar-refractivity contribution in [2.75, 3.05) is 11.9 Å². The molecule has 0 saturated heterocycles. The van der Waals surface area contributed by atoms with Crippen LogP contribution in [0.15, 0.2) is 47.6 Å². The number of nitrogens with zero attached hydrogens (tertiary/aromatic N) is 2. The van der Waals surface area contributed by atoms with E-state index in [9.17, 15) is 4.39 Å². The molecule has 0 aliphatic heterocycles. The summed E-state index contributed by atoms with van der Waals surface area (Å²) < 4.78 is 13.9. The van der Waals surface area contributed by atoms with Crippen molar-refractivity contribution in [1.82, 2.24) is 0 Å². The number of para-hydroxylation sites is 1. The lowest BCUT2D eigenvalue weighted by atomic mass is 10.1. The zero-order valence-corrected chi connectivity index (χ0v) is 11.3. The Bertz CT molecular complexity index is 655. The summed E-state index contributed by atoms with van der Waals surface area (Å²) in [4.78, 5) is 1.68. The molecule has 0 aliphatic rings. The highest BCUT2D eigenvalue weighted by Crippen LogP contribution is 2.29. The molecule has 0 radical (unpaired) electrons. The Morgan fingerprint density at radius 1 is 1.20 bits per heavy atom. The van der Waals surface area contributed by atoms with E-state index < -0.39 is 0 Å². The van der Waals surface area contributed by atoms with Crippen molar-refractivity contribution in [2.24, 2.45) is 10.9 Å². The maximum absolute atomic E-state index is 13.9. The van der Waals surface area contributed by atoms with Crippen molar-refractivity contribution in [3.63, 3.8) is 0 Å². The molecule has 5 heteroatoms. The second-order valence-corrected chi connectivity index (χ2v) is 4.52. The summed E-state index contributed by atoms with van der Waals surface area (Å²) in [6, 6.07) is 11.9. The van der Waals surface area contributed by atoms with Crippen molar-refractivity contribution in [1.29, 1.82) is 0 Å². The van der Waals surface area contributed by atoms with Crippen LogP contribution in [0.25, 0.3) is 0 Å². The monoisotopic (exact) mass is 273 g/mol. The molecule has 0 unspecified atom stereocenters. The Balaban J connectivity index is 2.57. The van der Waals surface area contributed by atoms with Gasteiger partial charge in [-0.1, -0.05) is 23.4 Å². The van der Waals surface area contributed by atoms with E-state index in [1.807, 2.05) is 19.1 Å². The summed E-state index contributed by atoms with van der Waals surface area (Å²) in [5.74, 6) is -0.342. The molecule has 0 fully saturated rings. The molecule has 4 nitrogen and oxygen atoms in total. The highest BCUT2D eigenvalue weighted by atomic mass is 19.1. The normalized spacial score (nSPS) is 11.4. The first-order valence-electron chi connectivity index (χ1n) is 6.11. The fourth-order valence-corrected chi connectivity index (χ4v) is 2.04. The lowest BCUT2D eigenvalue weighted by Crippen LogP contribution is -2.20. The van der Waals surface area contributed by atoms with Crippen molar-refractivity contribution in [2.45, 2.75) is 6.92 Å². The molecule has 2 aromatic carbocycles. The Kier molecular flexibility index (Phi) is 3.89. The lowest BCUT2D eigenvalue weighted by Gasteiger charge is -2.23. The summed E-state index contributed by atoms with van der Waals surface area (Å²) in [6.07, 6.45) is 0. The Hall–Kier alpha value is -2.56. The van der Waals surface area contributed by atoms with Gasteiger partial charge in [-0.2, -0.15) is 0 Å². The van der Waals surface area contributed by atoms with Crippen molar-refractivity contribution in [3.05, 3.63) is 59.4 Å². The van der Waals surface area contributed by atoms with Crippen molar-refractivity contribution in [3.8, 4) is 0 Å². The summed E-state index contributed by atoms with van der Waals surface area (Å²) in [6.45, 7) is 1.93. The number of rotatable bonds is 3. The number of hydrogen-bond acceptors (Lipinski definition) is 3. The summed E-state index contributed by atoms with van der Waals surface area (Å²) in [5, 5.41) is 11.9. The van der Waals surface area contributed by atoms with E-state index in [4.69, 9.17) is 10.9 Å². The summed E-state index contributed by atoms with van der Waals surface area (Å²) >= 11 is 0. The number of halogens is 1. The number of benzene rings is 2. The molecule has 0 aliphatic carbocycles. The van der Waals surface area contributed by atoms with Gasteiger partial charge in [0.25, 0.3) is 0 Å². The van der Waals surface area contributed by atoms with E-state index in [1.165, 1.54) is 6.07 Å². The van der Waals surface area contributed by atoms with E-state index in [1.54, 1.807) is 36.2 Å². The molecule has 0 heterocycles. The van der Waals surface area contributed by atoms with Crippen molar-refractivity contribution < 1.29 is 9.60 Å². The van der Waals surface area contributed by atoms with E-state index >= 15 is 0 Å². The van der Waals surface area contributed by atoms with Crippen LogP contribution in [0.5, 0.6) is 0 Å². The van der Waals surface area contributed by atoms with Gasteiger partial charge in [-0.15, -0.1) is 0 Å². The SMILES string of the molecule is Cc1ccc(C(N)=NO)c(N(C)c2ccccc2F)c1. The minimum Gasteiger partial charge on any atom is -0.409 e. The maximum Gasteiger partial charge on any atom is 0.172 e. The highest BCUT2D eigenvalue weighted by molar-refractivity contribution is 6.03. The molecular formula is C15H16FN3O. The third kappa shape index (κ3) is 2.56. The minimum absolute atomic E-state index is 0.0109. The molecular weight excluding hydrogens is 257 g/mol. The quantitative estimate of drug-likeness (QED) is 0.391. The molecule has 104 valence electrons. The number of oxime groups is 1. The predicted octanol–water partition coefficient (Wildman–Crippen LogP) is 3.00. The third-order valence-corrected chi connectivity index (χ3v) is 3.11. The number of amidine groups is 1. The average molecular weight is 273 g/mol. The third-order valence-electron chi connectivity index (χ3n) is 3.11. The molecule has 2 rings (SSSR count). The number of nitrogens with two attached hydrogens (primary N) is 1. The van der Waals surface area contributed by atoms with Gasteiger partial charge in [0.15, 0.2) is 5.84 Å². The molecule has 2 aromatic rings. The minimum atomic E-state index is -0.332. The van der Waals surface area contributed by atoms with Crippen LogP contribution in [-0.2, 0) is 0 Å². The molecule has 3 N–H and O–H groups in total. The predicted molar refractivity (Wildman–Crippen MR) is 78.2 cm³/mol. The van der Waals surface area contributed by atoms with Gasteiger partial charge in [0.1, 0.15) is 5.82 Å². The van der Waals surface area contributed by atoms with E-state index in [2.05, 4.69) is 5.16 Å². The molecule has 0 aromatic heterocycles. The van der Waals surface area contributed by atoms with Gasteiger partial charge in [0.05, 0.1) is 11.4 Å². The van der Waals surface area contributed by atoms with Crippen LogP contribution in [0, 0.1) is 12.7 Å². The van der Waals surface area contributed by atoms with Gasteiger partial charge < -0.3 is 15.8 Å². The van der Waals surface area contributed by atoms with Gasteiger partial charge in [-0.05, 0) is 36.8 Å². The standard InChI is InChI=1S/C15H16FN3O/c1-10-7-8-11(15(17)18-20)14(9-10)19(2)13-6-4-3-5-12(13)16/h3-9,20H,1-2H3,(H2,17,18). The summed E-state index contributed by atoms with van der Waals surface area (Å²) in [5.41, 5.74) is 8.31. The molecule has 0 spiro atoms. The topological polar surface area (TPSA) is 61.9 Å². The Labute approximate surface area is 116 Å². The fourth-order valence-electron chi connectivity index (χ4n) is 2.04. The number of aryl methyl sites for hydroxylation is 1. The molecule has 0 amide bonds. The van der Waals surface area contributed by atoms with E-state index in [0.29, 0.717) is 16.9 Å². The van der Waals surface area contributed by atoms with Gasteiger partial charge in [-0.25, -0.2) is 4.39 Å². The number of hydrogen-bond donors (Lipinski definition) is 2. The van der Waals surface area contributed by atoms with Gasteiger partial charge in [0.2, 0.25) is 0 Å². The van der Waals surface area contributed by atoms with E-state index in [-0.39, 0.29) is 11.7 Å². The Morgan fingerprint density at radius 2 is 1.90 bits per heavy atom. The second kappa shape index (κ2) is 5.61. The number of anilines is 2. The van der Waals surface area contributed by atoms with Crippen LogP contribution in [0.3, 0.4) is 0 Å². The van der Waals surface area contributed by atoms with E-state index in [0.717, 1.165) is 5.56 Å². The highest BCUT2D eigenvalue weighted by Gasteiger charge is 2.15. The molecule has 0 bridgehead atoms. The van der Waals surface area contributed by atoms with Crippen LogP contribution < -0.4 is 10.6 Å². The zero-order chi connectivity index (χ0) is 14.7. The van der Waals surface area contributed by atoms with Crippen LogP contribution in [0.4, 0.5) is 15.8 Å². The first-order chi connectivity index (χ1) is 9.54.